The highest BCUT2D eigenvalue weighted by molar-refractivity contribution is 6.11. The molecule has 0 saturated heterocycles. The minimum absolute atomic E-state index is 0.542. The van der Waals surface area contributed by atoms with E-state index in [4.69, 9.17) is 18.8 Å². The molecule has 466 valence electrons. The summed E-state index contributed by atoms with van der Waals surface area (Å²) in [6, 6.07) is 128. The second kappa shape index (κ2) is 22.8. The number of fused-ring (bicyclic) bond motifs is 12. The predicted molar refractivity (Wildman–Crippen MR) is 409 cm³/mol. The number of pyridine rings is 2. The minimum Gasteiger partial charge on any atom is -0.455 e. The second-order valence-electron chi connectivity index (χ2n) is 26.6. The van der Waals surface area contributed by atoms with E-state index in [9.17, 15) is 0 Å². The maximum Gasteiger partial charge on any atom is 0.143 e. The molecule has 0 atom stereocenters. The topological polar surface area (TPSA) is 52.1 Å². The number of benzene rings is 14. The Morgan fingerprint density at radius 3 is 0.830 bits per heavy atom. The first-order valence-corrected chi connectivity index (χ1v) is 34.3. The van der Waals surface area contributed by atoms with E-state index in [1.165, 1.54) is 66.8 Å². The van der Waals surface area contributed by atoms with Crippen molar-refractivity contribution in [3.8, 4) is 100 Å². The lowest BCUT2D eigenvalue weighted by atomic mass is 9.67. The normalized spacial score (nSPS) is 13.2. The van der Waals surface area contributed by atoms with Gasteiger partial charge >= 0.3 is 0 Å². The van der Waals surface area contributed by atoms with Crippen molar-refractivity contribution in [3.05, 3.63) is 409 Å². The van der Waals surface area contributed by atoms with Gasteiger partial charge in [-0.05, 0) is 183 Å². The van der Waals surface area contributed by atoms with Gasteiger partial charge in [-0.3, -0.25) is 9.97 Å². The SMILES string of the molecule is c1ccc(C2(c3ccccc3)c3ccc(-c4ccc(-c5ccnc(-c6cc(-c7ccc(-c8ccc9c(c8)-c8cc(-c%10cccc%11c%10oc%10ccccc%10%11)ccc8C9(c8ccccc8)c8ccccc8)cc7)ccn6)c5)cc4)cc3-c3cc(-c4cccc5c4oc4ccccc45)ccc32)cc1. The summed E-state index contributed by atoms with van der Waals surface area (Å²) < 4.78 is 13.3. The third kappa shape index (κ3) is 8.80. The Labute approximate surface area is 579 Å². The Morgan fingerprint density at radius 1 is 0.200 bits per heavy atom. The van der Waals surface area contributed by atoms with Crippen molar-refractivity contribution in [1.29, 1.82) is 0 Å². The largest absolute Gasteiger partial charge is 0.455 e. The van der Waals surface area contributed by atoms with Gasteiger partial charge in [0.25, 0.3) is 0 Å². The molecule has 0 radical (unpaired) electrons. The molecule has 0 bridgehead atoms. The molecule has 14 aromatic carbocycles. The van der Waals surface area contributed by atoms with Crippen LogP contribution in [0, 0.1) is 0 Å². The van der Waals surface area contributed by atoms with Crippen LogP contribution in [0.5, 0.6) is 0 Å². The van der Waals surface area contributed by atoms with Crippen molar-refractivity contribution in [1.82, 2.24) is 9.97 Å². The van der Waals surface area contributed by atoms with E-state index in [0.717, 1.165) is 122 Å². The van der Waals surface area contributed by atoms with E-state index < -0.39 is 10.8 Å². The van der Waals surface area contributed by atoms with Crippen molar-refractivity contribution in [2.45, 2.75) is 10.8 Å². The van der Waals surface area contributed by atoms with Gasteiger partial charge in [0.2, 0.25) is 0 Å². The van der Waals surface area contributed by atoms with E-state index in [0.29, 0.717) is 0 Å². The molecular formula is C96H60N2O2. The van der Waals surface area contributed by atoms with Gasteiger partial charge in [0, 0.05) is 45.1 Å². The first kappa shape index (κ1) is 57.2. The molecule has 4 heteroatoms. The van der Waals surface area contributed by atoms with Gasteiger partial charge in [-0.2, -0.15) is 0 Å². The molecule has 100 heavy (non-hydrogen) atoms. The second-order valence-corrected chi connectivity index (χ2v) is 26.6. The van der Waals surface area contributed by atoms with Gasteiger partial charge in [0.05, 0.1) is 22.2 Å². The predicted octanol–water partition coefficient (Wildman–Crippen LogP) is 24.7. The summed E-state index contributed by atoms with van der Waals surface area (Å²) in [5.74, 6) is 0. The summed E-state index contributed by atoms with van der Waals surface area (Å²) in [5.41, 5.74) is 32.3. The molecular weight excluding hydrogens is 1210 g/mol. The summed E-state index contributed by atoms with van der Waals surface area (Å²) in [6.07, 6.45) is 3.80. The van der Waals surface area contributed by atoms with Crippen molar-refractivity contribution in [2.24, 2.45) is 0 Å². The van der Waals surface area contributed by atoms with Crippen molar-refractivity contribution >= 4 is 43.9 Å². The molecule has 2 aliphatic carbocycles. The molecule has 0 aliphatic heterocycles. The van der Waals surface area contributed by atoms with Crippen LogP contribution in [0.4, 0.5) is 0 Å². The average molecular weight is 1270 g/mol. The lowest BCUT2D eigenvalue weighted by Crippen LogP contribution is -2.28. The highest BCUT2D eigenvalue weighted by atomic mass is 16.3. The standard InChI is InChI=1S/C96H60N2O2/c1-5-19-71(20-6-1)95(72-21-7-2-8-22-72)85-47-43-65(55-81(85)83-57-69(45-49-87(83)95)75-29-17-31-79-77-27-13-15-33-91(77)99-93(75)79)61-35-39-63(40-36-61)67-51-53-97-89(59-67)90-60-68(52-54-98-90)64-41-37-62(38-42-64)66-44-48-86-82(56-66)84-58-70(76-30-18-32-80-78-28-14-16-34-92(78)100-94(76)80)46-50-88(84)96(86,73-23-9-3-10-24-73)74-25-11-4-12-26-74/h1-60H. The fourth-order valence-corrected chi connectivity index (χ4v) is 16.9. The summed E-state index contributed by atoms with van der Waals surface area (Å²) in [6.45, 7) is 0. The summed E-state index contributed by atoms with van der Waals surface area (Å²) in [7, 11) is 0. The van der Waals surface area contributed by atoms with Crippen molar-refractivity contribution in [2.75, 3.05) is 0 Å². The third-order valence-corrected chi connectivity index (χ3v) is 21.4. The Bertz CT molecular complexity index is 5790. The quantitative estimate of drug-likeness (QED) is 0.129. The molecule has 0 unspecified atom stereocenters. The molecule has 4 aromatic heterocycles. The van der Waals surface area contributed by atoms with Gasteiger partial charge in [0.1, 0.15) is 22.3 Å². The van der Waals surface area contributed by atoms with Crippen molar-refractivity contribution in [3.63, 3.8) is 0 Å². The summed E-state index contributed by atoms with van der Waals surface area (Å²) in [5, 5.41) is 4.49. The first-order valence-electron chi connectivity index (χ1n) is 34.3. The maximum absolute atomic E-state index is 6.64. The van der Waals surface area contributed by atoms with Gasteiger partial charge in [-0.15, -0.1) is 0 Å². The molecule has 0 N–H and O–H groups in total. The number of furan rings is 2. The number of para-hydroxylation sites is 4. The highest BCUT2D eigenvalue weighted by Crippen LogP contribution is 2.60. The lowest BCUT2D eigenvalue weighted by Gasteiger charge is -2.34. The molecule has 0 fully saturated rings. The fourth-order valence-electron chi connectivity index (χ4n) is 16.9. The molecule has 18 aromatic rings. The average Bonchev–Trinajstić information content (AvgIpc) is 1.53. The molecule has 0 spiro atoms. The summed E-state index contributed by atoms with van der Waals surface area (Å²) >= 11 is 0. The highest BCUT2D eigenvalue weighted by Gasteiger charge is 2.48. The van der Waals surface area contributed by atoms with Crippen LogP contribution < -0.4 is 0 Å². The van der Waals surface area contributed by atoms with E-state index in [1.54, 1.807) is 0 Å². The number of aromatic nitrogens is 2. The number of rotatable bonds is 11. The zero-order valence-electron chi connectivity index (χ0n) is 54.4. The Balaban J connectivity index is 0.617. The van der Waals surface area contributed by atoms with E-state index in [1.807, 2.05) is 24.5 Å². The Hall–Kier alpha value is -13.0. The monoisotopic (exact) mass is 1270 g/mol. The zero-order chi connectivity index (χ0) is 65.9. The fraction of sp³-hybridized carbons (Fsp3) is 0.0208. The zero-order valence-corrected chi connectivity index (χ0v) is 54.4. The van der Waals surface area contributed by atoms with Crippen LogP contribution in [0.25, 0.3) is 144 Å². The maximum atomic E-state index is 6.64. The van der Waals surface area contributed by atoms with Crippen LogP contribution in [-0.4, -0.2) is 9.97 Å². The smallest absolute Gasteiger partial charge is 0.143 e. The van der Waals surface area contributed by atoms with Gasteiger partial charge < -0.3 is 8.83 Å². The van der Waals surface area contributed by atoms with Gasteiger partial charge in [0.15, 0.2) is 0 Å². The number of hydrogen-bond acceptors (Lipinski definition) is 4. The van der Waals surface area contributed by atoms with Crippen LogP contribution in [0.1, 0.15) is 44.5 Å². The molecule has 2 aliphatic rings. The number of nitrogens with zero attached hydrogens (tertiary/aromatic N) is 2. The van der Waals surface area contributed by atoms with E-state index in [-0.39, 0.29) is 0 Å². The van der Waals surface area contributed by atoms with Gasteiger partial charge in [-0.1, -0.05) is 291 Å². The van der Waals surface area contributed by atoms with E-state index in [2.05, 4.69) is 340 Å². The molecule has 20 rings (SSSR count). The Morgan fingerprint density at radius 2 is 0.480 bits per heavy atom. The van der Waals surface area contributed by atoms with Crippen LogP contribution in [0.15, 0.2) is 373 Å². The van der Waals surface area contributed by atoms with Crippen molar-refractivity contribution < 1.29 is 8.83 Å². The van der Waals surface area contributed by atoms with Gasteiger partial charge in [-0.25, -0.2) is 0 Å². The lowest BCUT2D eigenvalue weighted by molar-refractivity contribution is 0.669. The molecule has 4 heterocycles. The van der Waals surface area contributed by atoms with Crippen LogP contribution >= 0.6 is 0 Å². The molecule has 0 saturated carbocycles. The number of hydrogen-bond donors (Lipinski definition) is 0. The summed E-state index contributed by atoms with van der Waals surface area (Å²) in [4.78, 5) is 9.82. The molecule has 0 amide bonds. The third-order valence-electron chi connectivity index (χ3n) is 21.4. The van der Waals surface area contributed by atoms with Crippen LogP contribution in [0.3, 0.4) is 0 Å². The van der Waals surface area contributed by atoms with Crippen LogP contribution in [0.2, 0.25) is 0 Å². The Kier molecular flexibility index (Phi) is 13.1. The van der Waals surface area contributed by atoms with Crippen LogP contribution in [-0.2, 0) is 10.8 Å². The van der Waals surface area contributed by atoms with E-state index >= 15 is 0 Å². The molecule has 4 nitrogen and oxygen atoms in total. The first-order chi connectivity index (χ1) is 49.5. The minimum atomic E-state index is -0.542.